The molecule has 0 atom stereocenters. The maximum Gasteiger partial charge on any atom is 0.243 e. The average Bonchev–Trinajstić information content (AvgIpc) is 2.25. The summed E-state index contributed by atoms with van der Waals surface area (Å²) in [4.78, 5) is 13.5. The minimum Gasteiger partial charge on any atom is -0.383 e. The highest BCUT2D eigenvalue weighted by molar-refractivity contribution is 6.31. The lowest BCUT2D eigenvalue weighted by Crippen LogP contribution is -2.39. The molecular formula is C11H13ClN2O2. The van der Waals surface area contributed by atoms with E-state index in [1.807, 2.05) is 17.0 Å². The van der Waals surface area contributed by atoms with Crippen LogP contribution in [0.1, 0.15) is 0 Å². The fourth-order valence-corrected chi connectivity index (χ4v) is 1.91. The van der Waals surface area contributed by atoms with Gasteiger partial charge >= 0.3 is 0 Å². The topological polar surface area (TPSA) is 41.6 Å². The molecule has 0 radical (unpaired) electrons. The van der Waals surface area contributed by atoms with E-state index in [-0.39, 0.29) is 5.91 Å². The normalized spacial score (nSPS) is 14.6. The van der Waals surface area contributed by atoms with Crippen molar-refractivity contribution < 1.29 is 9.53 Å². The number of fused-ring (bicyclic) bond motifs is 1. The van der Waals surface area contributed by atoms with E-state index in [0.29, 0.717) is 24.7 Å². The number of nitrogens with zero attached hydrogens (tertiary/aromatic N) is 1. The molecule has 86 valence electrons. The molecule has 1 aliphatic rings. The molecule has 1 heterocycles. The summed E-state index contributed by atoms with van der Waals surface area (Å²) in [6.07, 6.45) is 0. The molecule has 4 nitrogen and oxygen atoms in total. The highest BCUT2D eigenvalue weighted by Crippen LogP contribution is 2.31. The summed E-state index contributed by atoms with van der Waals surface area (Å²) in [7, 11) is 1.65. The van der Waals surface area contributed by atoms with Crippen molar-refractivity contribution in [1.29, 1.82) is 0 Å². The third-order valence-corrected chi connectivity index (χ3v) is 2.71. The molecule has 0 spiro atoms. The van der Waals surface area contributed by atoms with Gasteiger partial charge in [-0.1, -0.05) is 11.6 Å². The van der Waals surface area contributed by atoms with E-state index < -0.39 is 0 Å². The zero-order valence-electron chi connectivity index (χ0n) is 9.00. The predicted octanol–water partition coefficient (Wildman–Crippen LogP) is 1.74. The van der Waals surface area contributed by atoms with Crippen molar-refractivity contribution in [2.75, 3.05) is 37.0 Å². The number of ether oxygens (including phenoxy) is 1. The molecule has 0 aromatic heterocycles. The Hall–Kier alpha value is -1.26. The van der Waals surface area contributed by atoms with Gasteiger partial charge < -0.3 is 15.0 Å². The van der Waals surface area contributed by atoms with E-state index in [1.165, 1.54) is 0 Å². The number of halogens is 1. The highest BCUT2D eigenvalue weighted by Gasteiger charge is 2.21. The Morgan fingerprint density at radius 2 is 2.38 bits per heavy atom. The molecule has 0 saturated heterocycles. The molecule has 0 aliphatic carbocycles. The van der Waals surface area contributed by atoms with Crippen LogP contribution in [0.4, 0.5) is 11.4 Å². The van der Waals surface area contributed by atoms with E-state index in [0.717, 1.165) is 11.4 Å². The summed E-state index contributed by atoms with van der Waals surface area (Å²) >= 11 is 5.88. The number of hydrogen-bond donors (Lipinski definition) is 1. The number of carbonyl (C=O) groups is 1. The first-order valence-electron chi connectivity index (χ1n) is 5.04. The lowest BCUT2D eigenvalue weighted by molar-refractivity contribution is -0.115. The number of nitrogens with one attached hydrogen (secondary N) is 1. The van der Waals surface area contributed by atoms with Crippen molar-refractivity contribution in [3.05, 3.63) is 23.2 Å². The molecule has 5 heteroatoms. The molecule has 1 aromatic carbocycles. The Morgan fingerprint density at radius 3 is 3.12 bits per heavy atom. The van der Waals surface area contributed by atoms with Gasteiger partial charge in [-0.05, 0) is 18.2 Å². The van der Waals surface area contributed by atoms with Gasteiger partial charge in [-0.15, -0.1) is 0 Å². The number of methoxy groups -OCH3 is 1. The van der Waals surface area contributed by atoms with Crippen molar-refractivity contribution in [3.63, 3.8) is 0 Å². The van der Waals surface area contributed by atoms with E-state index in [1.54, 1.807) is 13.2 Å². The van der Waals surface area contributed by atoms with Crippen LogP contribution < -0.4 is 10.2 Å². The van der Waals surface area contributed by atoms with Gasteiger partial charge in [0.2, 0.25) is 5.91 Å². The van der Waals surface area contributed by atoms with Gasteiger partial charge in [0.25, 0.3) is 0 Å². The largest absolute Gasteiger partial charge is 0.383 e. The van der Waals surface area contributed by atoms with Crippen LogP contribution in [0.5, 0.6) is 0 Å². The number of benzene rings is 1. The summed E-state index contributed by atoms with van der Waals surface area (Å²) < 4.78 is 5.02. The van der Waals surface area contributed by atoms with Crippen LogP contribution in [0.3, 0.4) is 0 Å². The maximum atomic E-state index is 11.5. The van der Waals surface area contributed by atoms with Gasteiger partial charge in [0.05, 0.1) is 24.5 Å². The van der Waals surface area contributed by atoms with Gasteiger partial charge in [0.15, 0.2) is 0 Å². The SMILES string of the molecule is COCCN1CC(=O)Nc2cc(Cl)ccc21. The molecule has 0 saturated carbocycles. The molecule has 2 rings (SSSR count). The van der Waals surface area contributed by atoms with Crippen LogP contribution in [-0.4, -0.2) is 32.7 Å². The van der Waals surface area contributed by atoms with Crippen LogP contribution in [0.25, 0.3) is 0 Å². The van der Waals surface area contributed by atoms with E-state index in [2.05, 4.69) is 5.32 Å². The van der Waals surface area contributed by atoms with Crippen molar-refractivity contribution in [1.82, 2.24) is 0 Å². The lowest BCUT2D eigenvalue weighted by atomic mass is 10.2. The van der Waals surface area contributed by atoms with E-state index in [9.17, 15) is 4.79 Å². The van der Waals surface area contributed by atoms with Crippen molar-refractivity contribution >= 4 is 28.9 Å². The van der Waals surface area contributed by atoms with Crippen LogP contribution >= 0.6 is 11.6 Å². The van der Waals surface area contributed by atoms with Gasteiger partial charge in [-0.3, -0.25) is 4.79 Å². The van der Waals surface area contributed by atoms with Gasteiger partial charge in [-0.25, -0.2) is 0 Å². The summed E-state index contributed by atoms with van der Waals surface area (Å²) in [6, 6.07) is 5.48. The molecule has 1 amide bonds. The van der Waals surface area contributed by atoms with Crippen molar-refractivity contribution in [2.45, 2.75) is 0 Å². The van der Waals surface area contributed by atoms with E-state index >= 15 is 0 Å². The first-order chi connectivity index (χ1) is 7.70. The molecule has 0 unspecified atom stereocenters. The molecule has 0 fully saturated rings. The van der Waals surface area contributed by atoms with Crippen molar-refractivity contribution in [3.8, 4) is 0 Å². The standard InChI is InChI=1S/C11H13ClN2O2/c1-16-5-4-14-7-11(15)13-9-6-8(12)2-3-10(9)14/h2-3,6H,4-5,7H2,1H3,(H,13,15). The second kappa shape index (κ2) is 4.72. The lowest BCUT2D eigenvalue weighted by Gasteiger charge is -2.30. The minimum absolute atomic E-state index is 0.0223. The number of anilines is 2. The van der Waals surface area contributed by atoms with Crippen LogP contribution in [0.2, 0.25) is 5.02 Å². The number of carbonyl (C=O) groups excluding carboxylic acids is 1. The Balaban J connectivity index is 2.27. The van der Waals surface area contributed by atoms with Crippen LogP contribution in [0.15, 0.2) is 18.2 Å². The molecule has 1 aromatic rings. The molecular weight excluding hydrogens is 228 g/mol. The Labute approximate surface area is 99.1 Å². The molecule has 1 N–H and O–H groups in total. The third kappa shape index (κ3) is 2.28. The second-order valence-corrected chi connectivity index (χ2v) is 4.06. The van der Waals surface area contributed by atoms with Crippen LogP contribution in [-0.2, 0) is 9.53 Å². The zero-order chi connectivity index (χ0) is 11.5. The predicted molar refractivity (Wildman–Crippen MR) is 64.2 cm³/mol. The fourth-order valence-electron chi connectivity index (χ4n) is 1.73. The fraction of sp³-hybridized carbons (Fsp3) is 0.364. The average molecular weight is 241 g/mol. The van der Waals surface area contributed by atoms with Gasteiger partial charge in [-0.2, -0.15) is 0 Å². The summed E-state index contributed by atoms with van der Waals surface area (Å²) in [6.45, 7) is 1.64. The highest BCUT2D eigenvalue weighted by atomic mass is 35.5. The monoisotopic (exact) mass is 240 g/mol. The second-order valence-electron chi connectivity index (χ2n) is 3.62. The molecule has 1 aliphatic heterocycles. The van der Waals surface area contributed by atoms with Crippen molar-refractivity contribution in [2.24, 2.45) is 0 Å². The summed E-state index contributed by atoms with van der Waals surface area (Å²) in [5, 5.41) is 3.42. The zero-order valence-corrected chi connectivity index (χ0v) is 9.75. The molecule has 0 bridgehead atoms. The first kappa shape index (κ1) is 11.2. The maximum absolute atomic E-state index is 11.5. The Kier molecular flexibility index (Phi) is 3.31. The summed E-state index contributed by atoms with van der Waals surface area (Å²) in [5.41, 5.74) is 1.75. The first-order valence-corrected chi connectivity index (χ1v) is 5.42. The van der Waals surface area contributed by atoms with Crippen LogP contribution in [0, 0.1) is 0 Å². The third-order valence-electron chi connectivity index (χ3n) is 2.47. The Morgan fingerprint density at radius 1 is 1.56 bits per heavy atom. The number of hydrogen-bond acceptors (Lipinski definition) is 3. The smallest absolute Gasteiger partial charge is 0.243 e. The van der Waals surface area contributed by atoms with E-state index in [4.69, 9.17) is 16.3 Å². The Bertz CT molecular complexity index is 409. The number of amides is 1. The number of rotatable bonds is 3. The summed E-state index contributed by atoms with van der Waals surface area (Å²) in [5.74, 6) is -0.0223. The molecule has 16 heavy (non-hydrogen) atoms. The minimum atomic E-state index is -0.0223. The van der Waals surface area contributed by atoms with Gasteiger partial charge in [0.1, 0.15) is 0 Å². The van der Waals surface area contributed by atoms with Gasteiger partial charge in [0, 0.05) is 18.7 Å². The quantitative estimate of drug-likeness (QED) is 0.875.